The van der Waals surface area contributed by atoms with Crippen molar-refractivity contribution in [1.29, 1.82) is 0 Å². The van der Waals surface area contributed by atoms with Gasteiger partial charge in [-0.2, -0.15) is 0 Å². The number of carbonyl (C=O) groups is 2. The number of aliphatic carboxylic acids is 1. The zero-order valence-corrected chi connectivity index (χ0v) is 8.56. The van der Waals surface area contributed by atoms with Crippen LogP contribution in [0.25, 0.3) is 0 Å². The van der Waals surface area contributed by atoms with Crippen LogP contribution in [0.1, 0.15) is 19.8 Å². The third-order valence-corrected chi connectivity index (χ3v) is 2.41. The van der Waals surface area contributed by atoms with Gasteiger partial charge in [0.2, 0.25) is 0 Å². The van der Waals surface area contributed by atoms with Gasteiger partial charge in [0, 0.05) is 19.0 Å². The summed E-state index contributed by atoms with van der Waals surface area (Å²) in [5.74, 6) is -0.742. The molecule has 3 unspecified atom stereocenters. The molecule has 4 N–H and O–H groups in total. The molecule has 86 valence electrons. The molecule has 0 aromatic rings. The Morgan fingerprint density at radius 2 is 2.13 bits per heavy atom. The van der Waals surface area contributed by atoms with Crippen molar-refractivity contribution in [2.75, 3.05) is 6.54 Å². The Balaban J connectivity index is 2.04. The van der Waals surface area contributed by atoms with Crippen LogP contribution in [0.2, 0.25) is 0 Å². The van der Waals surface area contributed by atoms with Gasteiger partial charge < -0.3 is 20.8 Å². The third kappa shape index (κ3) is 4.16. The lowest BCUT2D eigenvalue weighted by atomic mass is 10.2. The van der Waals surface area contributed by atoms with Gasteiger partial charge in [0.05, 0.1) is 0 Å². The second-order valence-corrected chi connectivity index (χ2v) is 3.86. The van der Waals surface area contributed by atoms with Crippen molar-refractivity contribution >= 4 is 12.0 Å². The quantitative estimate of drug-likeness (QED) is 0.499. The number of carboxylic acid groups (broad SMARTS) is 1. The van der Waals surface area contributed by atoms with E-state index in [0.717, 1.165) is 6.42 Å². The first-order chi connectivity index (χ1) is 7.00. The van der Waals surface area contributed by atoms with Crippen LogP contribution < -0.4 is 10.6 Å². The van der Waals surface area contributed by atoms with Crippen LogP contribution in [0.5, 0.6) is 0 Å². The van der Waals surface area contributed by atoms with Crippen molar-refractivity contribution < 1.29 is 19.8 Å². The Kier molecular flexibility index (Phi) is 3.90. The number of nitrogens with one attached hydrogen (secondary N) is 2. The molecule has 0 heterocycles. The number of rotatable bonds is 5. The number of amides is 2. The lowest BCUT2D eigenvalue weighted by molar-refractivity contribution is -0.146. The minimum absolute atomic E-state index is 0.0168. The van der Waals surface area contributed by atoms with E-state index in [1.54, 1.807) is 0 Å². The summed E-state index contributed by atoms with van der Waals surface area (Å²) < 4.78 is 0. The molecule has 1 rings (SSSR count). The highest BCUT2D eigenvalue weighted by Crippen LogP contribution is 2.28. The molecule has 0 bridgehead atoms. The summed E-state index contributed by atoms with van der Waals surface area (Å²) >= 11 is 0. The van der Waals surface area contributed by atoms with Gasteiger partial charge in [-0.3, -0.25) is 0 Å². The van der Waals surface area contributed by atoms with E-state index in [9.17, 15) is 9.59 Å². The van der Waals surface area contributed by atoms with Gasteiger partial charge in [0.15, 0.2) is 6.10 Å². The molecule has 6 heteroatoms. The number of urea groups is 1. The molecule has 1 fully saturated rings. The first-order valence-corrected chi connectivity index (χ1v) is 4.96. The molecule has 2 amide bonds. The Morgan fingerprint density at radius 3 is 2.60 bits per heavy atom. The molecule has 1 saturated carbocycles. The van der Waals surface area contributed by atoms with Crippen LogP contribution in [-0.4, -0.2) is 40.9 Å². The van der Waals surface area contributed by atoms with E-state index >= 15 is 0 Å². The summed E-state index contributed by atoms with van der Waals surface area (Å²) in [4.78, 5) is 21.4. The van der Waals surface area contributed by atoms with Crippen LogP contribution in [0.4, 0.5) is 4.79 Å². The number of hydrogen-bond donors (Lipinski definition) is 4. The lowest BCUT2D eigenvalue weighted by Gasteiger charge is -2.08. The van der Waals surface area contributed by atoms with Gasteiger partial charge in [-0.15, -0.1) is 0 Å². The van der Waals surface area contributed by atoms with Gasteiger partial charge in [-0.1, -0.05) is 6.92 Å². The molecule has 0 saturated heterocycles. The molecule has 0 radical (unpaired) electrons. The number of aliphatic hydroxyl groups is 1. The fraction of sp³-hybridized carbons (Fsp3) is 0.778. The predicted molar refractivity (Wildman–Crippen MR) is 52.4 cm³/mol. The summed E-state index contributed by atoms with van der Waals surface area (Å²) in [5, 5.41) is 22.5. The third-order valence-electron chi connectivity index (χ3n) is 2.41. The molecular weight excluding hydrogens is 200 g/mol. The fourth-order valence-electron chi connectivity index (χ4n) is 1.19. The highest BCUT2D eigenvalue weighted by molar-refractivity contribution is 5.75. The molecule has 3 atom stereocenters. The summed E-state index contributed by atoms with van der Waals surface area (Å²) in [5.41, 5.74) is 0. The van der Waals surface area contributed by atoms with Gasteiger partial charge in [-0.05, 0) is 12.3 Å². The maximum atomic E-state index is 11.1. The van der Waals surface area contributed by atoms with Gasteiger partial charge in [-0.25, -0.2) is 9.59 Å². The number of aliphatic hydroxyl groups excluding tert-OH is 1. The Bertz CT molecular complexity index is 256. The smallest absolute Gasteiger partial charge is 0.332 e. The van der Waals surface area contributed by atoms with E-state index < -0.39 is 12.1 Å². The second kappa shape index (κ2) is 4.97. The van der Waals surface area contributed by atoms with E-state index in [-0.39, 0.29) is 25.0 Å². The van der Waals surface area contributed by atoms with Crippen LogP contribution in [0.3, 0.4) is 0 Å². The molecule has 0 aliphatic heterocycles. The van der Waals surface area contributed by atoms with Crippen molar-refractivity contribution in [3.63, 3.8) is 0 Å². The summed E-state index contributed by atoms with van der Waals surface area (Å²) in [6.07, 6.45) is -0.404. The van der Waals surface area contributed by atoms with Crippen molar-refractivity contribution in [3.8, 4) is 0 Å². The zero-order valence-electron chi connectivity index (χ0n) is 8.56. The largest absolute Gasteiger partial charge is 0.479 e. The van der Waals surface area contributed by atoms with Gasteiger partial charge in [0.1, 0.15) is 0 Å². The maximum Gasteiger partial charge on any atom is 0.332 e. The maximum absolute atomic E-state index is 11.1. The van der Waals surface area contributed by atoms with Crippen LogP contribution in [-0.2, 0) is 4.79 Å². The van der Waals surface area contributed by atoms with Gasteiger partial charge in [0.25, 0.3) is 0 Å². The average Bonchev–Trinajstić information content (AvgIpc) is 2.81. The van der Waals surface area contributed by atoms with E-state index in [2.05, 4.69) is 10.6 Å². The standard InChI is InChI=1S/C9H16N2O4/c1-5-4-6(5)11-9(15)10-3-2-7(12)8(13)14/h5-7,12H,2-4H2,1H3,(H,13,14)(H2,10,11,15). The fourth-order valence-corrected chi connectivity index (χ4v) is 1.19. The van der Waals surface area contributed by atoms with Crippen molar-refractivity contribution in [1.82, 2.24) is 10.6 Å². The van der Waals surface area contributed by atoms with Crippen LogP contribution >= 0.6 is 0 Å². The topological polar surface area (TPSA) is 98.7 Å². The molecule has 1 aliphatic carbocycles. The molecule has 1 aliphatic rings. The first-order valence-electron chi connectivity index (χ1n) is 4.96. The van der Waals surface area contributed by atoms with E-state index in [4.69, 9.17) is 10.2 Å². The minimum Gasteiger partial charge on any atom is -0.479 e. The van der Waals surface area contributed by atoms with Crippen molar-refractivity contribution in [2.24, 2.45) is 5.92 Å². The summed E-state index contributed by atoms with van der Waals surface area (Å²) in [6, 6.07) is -0.0589. The molecule has 0 spiro atoms. The van der Waals surface area contributed by atoms with Crippen molar-refractivity contribution in [3.05, 3.63) is 0 Å². The number of carboxylic acids is 1. The minimum atomic E-state index is -1.41. The zero-order chi connectivity index (χ0) is 11.4. The molecular formula is C9H16N2O4. The average molecular weight is 216 g/mol. The van der Waals surface area contributed by atoms with E-state index in [1.165, 1.54) is 0 Å². The number of hydrogen-bond acceptors (Lipinski definition) is 3. The Hall–Kier alpha value is -1.30. The Morgan fingerprint density at radius 1 is 1.53 bits per heavy atom. The van der Waals surface area contributed by atoms with E-state index in [0.29, 0.717) is 5.92 Å². The monoisotopic (exact) mass is 216 g/mol. The molecule has 0 aromatic carbocycles. The lowest BCUT2D eigenvalue weighted by Crippen LogP contribution is -2.39. The predicted octanol–water partition coefficient (Wildman–Crippen LogP) is -0.470. The molecule has 15 heavy (non-hydrogen) atoms. The Labute approximate surface area is 87.7 Å². The summed E-state index contributed by atoms with van der Waals surface area (Å²) in [6.45, 7) is 2.19. The second-order valence-electron chi connectivity index (χ2n) is 3.86. The molecule has 6 nitrogen and oxygen atoms in total. The van der Waals surface area contributed by atoms with E-state index in [1.807, 2.05) is 6.92 Å². The molecule has 0 aromatic heterocycles. The van der Waals surface area contributed by atoms with Gasteiger partial charge >= 0.3 is 12.0 Å². The SMILES string of the molecule is CC1CC1NC(=O)NCCC(O)C(=O)O. The van der Waals surface area contributed by atoms with Crippen LogP contribution in [0.15, 0.2) is 0 Å². The van der Waals surface area contributed by atoms with Crippen molar-refractivity contribution in [2.45, 2.75) is 31.9 Å². The normalized spacial score (nSPS) is 25.5. The number of carbonyl (C=O) groups excluding carboxylic acids is 1. The highest BCUT2D eigenvalue weighted by Gasteiger charge is 2.33. The summed E-state index contributed by atoms with van der Waals surface area (Å²) in [7, 11) is 0. The van der Waals surface area contributed by atoms with Crippen LogP contribution in [0, 0.1) is 5.92 Å². The first kappa shape index (κ1) is 11.8. The highest BCUT2D eigenvalue weighted by atomic mass is 16.4.